The molecule has 0 aliphatic carbocycles. The molecule has 28 heavy (non-hydrogen) atoms. The van der Waals surface area contributed by atoms with Crippen molar-refractivity contribution in [1.82, 2.24) is 15.5 Å². The van der Waals surface area contributed by atoms with Crippen molar-refractivity contribution < 1.29 is 26.9 Å². The van der Waals surface area contributed by atoms with E-state index in [-0.39, 0.29) is 18.9 Å². The number of nitrogens with one attached hydrogen (secondary N) is 1. The fourth-order valence-electron chi connectivity index (χ4n) is 2.34. The second kappa shape index (κ2) is 7.97. The Kier molecular flexibility index (Phi) is 5.64. The predicted octanol–water partition coefficient (Wildman–Crippen LogP) is 4.52. The topological polar surface area (TPSA) is 68.0 Å². The number of aromatic nitrogens is 2. The monoisotopic (exact) mass is 413 g/mol. The number of halogens is 5. The number of alkyl halides is 3. The first-order chi connectivity index (χ1) is 13.2. The summed E-state index contributed by atoms with van der Waals surface area (Å²) in [7, 11) is 0. The zero-order chi connectivity index (χ0) is 20.3. The van der Waals surface area contributed by atoms with Gasteiger partial charge in [-0.2, -0.15) is 18.2 Å². The van der Waals surface area contributed by atoms with Gasteiger partial charge < -0.3 is 9.84 Å². The molecule has 0 bridgehead atoms. The van der Waals surface area contributed by atoms with E-state index in [4.69, 9.17) is 16.1 Å². The standard InChI is InChI=1S/C18H12ClF4N3O2/c19-13-3-1-10(2-4-13)16-25-15(28-26-16)5-6-24-17(27)11-7-12(18(21,22)23)9-14(20)8-11/h1-4,7-9H,5-6H2,(H,24,27). The molecule has 5 nitrogen and oxygen atoms in total. The van der Waals surface area contributed by atoms with Gasteiger partial charge >= 0.3 is 6.18 Å². The summed E-state index contributed by atoms with van der Waals surface area (Å²) in [5, 5.41) is 6.75. The third-order valence-corrected chi connectivity index (χ3v) is 3.93. The van der Waals surface area contributed by atoms with E-state index in [1.54, 1.807) is 24.3 Å². The molecule has 3 aromatic rings. The van der Waals surface area contributed by atoms with E-state index in [9.17, 15) is 22.4 Å². The van der Waals surface area contributed by atoms with E-state index in [1.807, 2.05) is 0 Å². The molecule has 0 saturated carbocycles. The molecule has 0 saturated heterocycles. The molecule has 1 amide bonds. The number of nitrogens with zero attached hydrogens (tertiary/aromatic N) is 2. The Morgan fingerprint density at radius 3 is 2.54 bits per heavy atom. The van der Waals surface area contributed by atoms with Gasteiger partial charge in [0, 0.05) is 29.1 Å². The van der Waals surface area contributed by atoms with Gasteiger partial charge in [-0.3, -0.25) is 4.79 Å². The van der Waals surface area contributed by atoms with Gasteiger partial charge in [0.2, 0.25) is 11.7 Å². The number of hydrogen-bond acceptors (Lipinski definition) is 4. The van der Waals surface area contributed by atoms with E-state index in [0.29, 0.717) is 28.5 Å². The smallest absolute Gasteiger partial charge is 0.352 e. The van der Waals surface area contributed by atoms with Gasteiger partial charge in [0.1, 0.15) is 5.82 Å². The fraction of sp³-hybridized carbons (Fsp3) is 0.167. The molecule has 3 rings (SSSR count). The van der Waals surface area contributed by atoms with Crippen LogP contribution in [0, 0.1) is 5.82 Å². The van der Waals surface area contributed by atoms with Crippen molar-refractivity contribution in [3.05, 3.63) is 70.3 Å². The average Bonchev–Trinajstić information content (AvgIpc) is 3.10. The molecule has 2 aromatic carbocycles. The lowest BCUT2D eigenvalue weighted by Gasteiger charge is -2.09. The molecule has 0 spiro atoms. The molecule has 1 aromatic heterocycles. The molecule has 0 aliphatic rings. The van der Waals surface area contributed by atoms with E-state index in [0.717, 1.165) is 6.07 Å². The van der Waals surface area contributed by atoms with Gasteiger partial charge in [0.05, 0.1) is 5.56 Å². The Balaban J connectivity index is 1.60. The summed E-state index contributed by atoms with van der Waals surface area (Å²) < 4.78 is 56.6. The van der Waals surface area contributed by atoms with Crippen molar-refractivity contribution in [3.8, 4) is 11.4 Å². The summed E-state index contributed by atoms with van der Waals surface area (Å²) in [6.45, 7) is 0.0128. The van der Waals surface area contributed by atoms with Gasteiger partial charge in [-0.05, 0) is 42.5 Å². The van der Waals surface area contributed by atoms with Crippen LogP contribution in [0.15, 0.2) is 47.0 Å². The van der Waals surface area contributed by atoms with Crippen LogP contribution in [-0.4, -0.2) is 22.6 Å². The lowest BCUT2D eigenvalue weighted by molar-refractivity contribution is -0.137. The Morgan fingerprint density at radius 1 is 1.14 bits per heavy atom. The zero-order valence-electron chi connectivity index (χ0n) is 14.1. The van der Waals surface area contributed by atoms with Crippen LogP contribution in [0.1, 0.15) is 21.8 Å². The Morgan fingerprint density at radius 2 is 1.86 bits per heavy atom. The van der Waals surface area contributed by atoms with Crippen molar-refractivity contribution in [2.75, 3.05) is 6.54 Å². The third-order valence-electron chi connectivity index (χ3n) is 3.68. The van der Waals surface area contributed by atoms with Crippen LogP contribution in [-0.2, 0) is 12.6 Å². The normalized spacial score (nSPS) is 11.5. The summed E-state index contributed by atoms with van der Waals surface area (Å²) in [4.78, 5) is 16.2. The Bertz CT molecular complexity index is 987. The molecule has 0 unspecified atom stereocenters. The van der Waals surface area contributed by atoms with Crippen LogP contribution in [0.5, 0.6) is 0 Å². The maximum atomic E-state index is 13.4. The molecule has 10 heteroatoms. The van der Waals surface area contributed by atoms with Crippen LogP contribution >= 0.6 is 11.6 Å². The summed E-state index contributed by atoms with van der Waals surface area (Å²) in [6, 6.07) is 8.40. The molecule has 1 N–H and O–H groups in total. The van der Waals surface area contributed by atoms with Gasteiger partial charge in [-0.25, -0.2) is 4.39 Å². The van der Waals surface area contributed by atoms with E-state index >= 15 is 0 Å². The van der Waals surface area contributed by atoms with Crippen molar-refractivity contribution in [1.29, 1.82) is 0 Å². The molecule has 0 radical (unpaired) electrons. The number of carbonyl (C=O) groups excluding carboxylic acids is 1. The summed E-state index contributed by atoms with van der Waals surface area (Å²) >= 11 is 5.81. The minimum absolute atomic E-state index is 0.0128. The minimum Gasteiger partial charge on any atom is -0.352 e. The lowest BCUT2D eigenvalue weighted by atomic mass is 10.1. The summed E-state index contributed by atoms with van der Waals surface area (Å²) in [5.74, 6) is -1.44. The van der Waals surface area contributed by atoms with Gasteiger partial charge in [0.25, 0.3) is 5.91 Å². The first kappa shape index (κ1) is 19.8. The molecular weight excluding hydrogens is 402 g/mol. The second-order valence-electron chi connectivity index (χ2n) is 5.75. The van der Waals surface area contributed by atoms with Crippen molar-refractivity contribution >= 4 is 17.5 Å². The van der Waals surface area contributed by atoms with Gasteiger partial charge in [0.15, 0.2) is 0 Å². The van der Waals surface area contributed by atoms with E-state index < -0.39 is 29.0 Å². The number of hydrogen-bond donors (Lipinski definition) is 1. The lowest BCUT2D eigenvalue weighted by Crippen LogP contribution is -2.26. The van der Waals surface area contributed by atoms with Crippen LogP contribution in [0.2, 0.25) is 5.02 Å². The number of amides is 1. The van der Waals surface area contributed by atoms with Gasteiger partial charge in [-0.1, -0.05) is 16.8 Å². The Labute approximate surface area is 161 Å². The van der Waals surface area contributed by atoms with Crippen LogP contribution < -0.4 is 5.32 Å². The van der Waals surface area contributed by atoms with Crippen molar-refractivity contribution in [2.45, 2.75) is 12.6 Å². The fourth-order valence-corrected chi connectivity index (χ4v) is 2.47. The highest BCUT2D eigenvalue weighted by atomic mass is 35.5. The second-order valence-corrected chi connectivity index (χ2v) is 6.19. The number of carbonyl (C=O) groups is 1. The third kappa shape index (κ3) is 4.86. The van der Waals surface area contributed by atoms with Gasteiger partial charge in [-0.15, -0.1) is 0 Å². The maximum absolute atomic E-state index is 13.4. The summed E-state index contributed by atoms with van der Waals surface area (Å²) in [6.07, 6.45) is -4.60. The summed E-state index contributed by atoms with van der Waals surface area (Å²) in [5.41, 5.74) is -0.982. The van der Waals surface area contributed by atoms with Crippen LogP contribution in [0.25, 0.3) is 11.4 Å². The minimum atomic E-state index is -4.75. The first-order valence-electron chi connectivity index (χ1n) is 7.97. The molecule has 0 atom stereocenters. The largest absolute Gasteiger partial charge is 0.416 e. The molecule has 1 heterocycles. The Hall–Kier alpha value is -2.94. The number of benzene rings is 2. The molecule has 146 valence electrons. The highest BCUT2D eigenvalue weighted by Crippen LogP contribution is 2.30. The van der Waals surface area contributed by atoms with E-state index in [1.165, 1.54) is 0 Å². The zero-order valence-corrected chi connectivity index (χ0v) is 14.8. The number of rotatable bonds is 5. The molecule has 0 aliphatic heterocycles. The van der Waals surface area contributed by atoms with Crippen molar-refractivity contribution in [3.63, 3.8) is 0 Å². The predicted molar refractivity (Wildman–Crippen MR) is 92.2 cm³/mol. The molecule has 0 fully saturated rings. The quantitative estimate of drug-likeness (QED) is 0.624. The van der Waals surface area contributed by atoms with E-state index in [2.05, 4.69) is 15.5 Å². The van der Waals surface area contributed by atoms with Crippen LogP contribution in [0.3, 0.4) is 0 Å². The highest BCUT2D eigenvalue weighted by molar-refractivity contribution is 6.30. The average molecular weight is 414 g/mol. The first-order valence-corrected chi connectivity index (χ1v) is 8.35. The highest BCUT2D eigenvalue weighted by Gasteiger charge is 2.32. The maximum Gasteiger partial charge on any atom is 0.416 e. The SMILES string of the molecule is O=C(NCCc1nc(-c2ccc(Cl)cc2)no1)c1cc(F)cc(C(F)(F)F)c1. The van der Waals surface area contributed by atoms with Crippen LogP contribution in [0.4, 0.5) is 17.6 Å². The van der Waals surface area contributed by atoms with Crippen molar-refractivity contribution in [2.24, 2.45) is 0 Å². The molecular formula is C18H12ClF4N3O2.